The van der Waals surface area contributed by atoms with Crippen molar-refractivity contribution in [2.24, 2.45) is 0 Å². The van der Waals surface area contributed by atoms with Gasteiger partial charge in [0.05, 0.1) is 5.56 Å². The van der Waals surface area contributed by atoms with E-state index in [4.69, 9.17) is 0 Å². The summed E-state index contributed by atoms with van der Waals surface area (Å²) in [7, 11) is 5.89. The first kappa shape index (κ1) is 15.4. The van der Waals surface area contributed by atoms with E-state index in [9.17, 15) is 4.79 Å². The molecular formula is C14H24N4O. The van der Waals surface area contributed by atoms with Gasteiger partial charge in [-0.3, -0.25) is 4.79 Å². The van der Waals surface area contributed by atoms with E-state index >= 15 is 0 Å². The highest BCUT2D eigenvalue weighted by atomic mass is 16.2. The fourth-order valence-electron chi connectivity index (χ4n) is 1.83. The monoisotopic (exact) mass is 264 g/mol. The van der Waals surface area contributed by atoms with Crippen LogP contribution in [-0.4, -0.2) is 61.5 Å². The van der Waals surface area contributed by atoms with Crippen molar-refractivity contribution in [3.8, 4) is 0 Å². The van der Waals surface area contributed by atoms with Gasteiger partial charge in [0.1, 0.15) is 5.82 Å². The van der Waals surface area contributed by atoms with Crippen LogP contribution in [0.2, 0.25) is 0 Å². The van der Waals surface area contributed by atoms with Gasteiger partial charge < -0.3 is 15.1 Å². The van der Waals surface area contributed by atoms with Gasteiger partial charge >= 0.3 is 0 Å². The molecule has 5 nitrogen and oxygen atoms in total. The summed E-state index contributed by atoms with van der Waals surface area (Å²) in [5.41, 5.74) is 0.644. The van der Waals surface area contributed by atoms with Crippen LogP contribution < -0.4 is 5.32 Å². The van der Waals surface area contributed by atoms with E-state index < -0.39 is 0 Å². The average Bonchev–Trinajstić information content (AvgIpc) is 2.43. The maximum atomic E-state index is 12.3. The highest BCUT2D eigenvalue weighted by Crippen LogP contribution is 2.08. The molecule has 0 saturated heterocycles. The molecule has 0 fully saturated rings. The van der Waals surface area contributed by atoms with Gasteiger partial charge in [-0.25, -0.2) is 4.98 Å². The number of amides is 1. The van der Waals surface area contributed by atoms with Gasteiger partial charge in [-0.15, -0.1) is 0 Å². The van der Waals surface area contributed by atoms with Crippen molar-refractivity contribution >= 4 is 11.7 Å². The molecule has 0 aliphatic rings. The van der Waals surface area contributed by atoms with Crippen LogP contribution in [-0.2, 0) is 0 Å². The third kappa shape index (κ3) is 4.87. The molecule has 5 heteroatoms. The summed E-state index contributed by atoms with van der Waals surface area (Å²) in [6.07, 6.45) is 2.61. The Morgan fingerprint density at radius 3 is 2.53 bits per heavy atom. The lowest BCUT2D eigenvalue weighted by atomic mass is 10.2. The molecule has 0 saturated carbocycles. The van der Waals surface area contributed by atoms with Gasteiger partial charge in [-0.05, 0) is 46.1 Å². The molecule has 1 heterocycles. The Bertz CT molecular complexity index is 389. The number of hydrogen-bond donors (Lipinski definition) is 1. The van der Waals surface area contributed by atoms with Crippen LogP contribution in [0.25, 0.3) is 0 Å². The number of rotatable bonds is 7. The molecule has 0 aliphatic heterocycles. The molecular weight excluding hydrogens is 240 g/mol. The van der Waals surface area contributed by atoms with E-state index in [1.807, 2.05) is 45.1 Å². The van der Waals surface area contributed by atoms with E-state index in [0.29, 0.717) is 5.56 Å². The van der Waals surface area contributed by atoms with Crippen molar-refractivity contribution in [2.45, 2.75) is 13.3 Å². The first-order chi connectivity index (χ1) is 9.08. The van der Waals surface area contributed by atoms with Crippen molar-refractivity contribution in [2.75, 3.05) is 46.1 Å². The Balaban J connectivity index is 2.61. The molecule has 1 rings (SSSR count). The highest BCUT2D eigenvalue weighted by Gasteiger charge is 2.14. The summed E-state index contributed by atoms with van der Waals surface area (Å²) in [6.45, 7) is 4.49. The van der Waals surface area contributed by atoms with Crippen LogP contribution in [0, 0.1) is 0 Å². The minimum absolute atomic E-state index is 0.0522. The molecule has 1 aromatic heterocycles. The van der Waals surface area contributed by atoms with Crippen LogP contribution in [0.3, 0.4) is 0 Å². The zero-order chi connectivity index (χ0) is 14.3. The summed E-state index contributed by atoms with van der Waals surface area (Å²) in [5, 5.41) is 2.94. The molecule has 0 spiro atoms. The molecule has 19 heavy (non-hydrogen) atoms. The van der Waals surface area contributed by atoms with Gasteiger partial charge in [0.15, 0.2) is 0 Å². The Morgan fingerprint density at radius 1 is 1.32 bits per heavy atom. The van der Waals surface area contributed by atoms with Gasteiger partial charge in [0, 0.05) is 26.3 Å². The lowest BCUT2D eigenvalue weighted by Gasteiger charge is -2.21. The number of carbonyl (C=O) groups is 1. The molecule has 0 aromatic carbocycles. The second-order valence-corrected chi connectivity index (χ2v) is 4.72. The Labute approximate surface area is 115 Å². The summed E-state index contributed by atoms with van der Waals surface area (Å²) < 4.78 is 0. The van der Waals surface area contributed by atoms with Crippen LogP contribution in [0.4, 0.5) is 5.82 Å². The van der Waals surface area contributed by atoms with Crippen molar-refractivity contribution in [3.05, 3.63) is 23.9 Å². The number of anilines is 1. The van der Waals surface area contributed by atoms with E-state index in [2.05, 4.69) is 15.2 Å². The highest BCUT2D eigenvalue weighted by molar-refractivity contribution is 5.94. The largest absolute Gasteiger partial charge is 0.373 e. The van der Waals surface area contributed by atoms with E-state index in [1.165, 1.54) is 0 Å². The number of nitrogens with zero attached hydrogens (tertiary/aromatic N) is 3. The van der Waals surface area contributed by atoms with Crippen LogP contribution in [0.15, 0.2) is 18.3 Å². The summed E-state index contributed by atoms with van der Waals surface area (Å²) in [6, 6.07) is 3.64. The lowest BCUT2D eigenvalue weighted by molar-refractivity contribution is 0.0759. The first-order valence-electron chi connectivity index (χ1n) is 6.66. The molecule has 1 amide bonds. The molecule has 1 aromatic rings. The van der Waals surface area contributed by atoms with Crippen molar-refractivity contribution in [1.29, 1.82) is 0 Å². The van der Waals surface area contributed by atoms with E-state index in [-0.39, 0.29) is 5.91 Å². The third-order valence-electron chi connectivity index (χ3n) is 2.97. The first-order valence-corrected chi connectivity index (χ1v) is 6.66. The van der Waals surface area contributed by atoms with Crippen LogP contribution in [0.5, 0.6) is 0 Å². The number of aromatic nitrogens is 1. The Hall–Kier alpha value is -1.62. The molecule has 106 valence electrons. The van der Waals surface area contributed by atoms with E-state index in [1.54, 1.807) is 6.20 Å². The fourth-order valence-corrected chi connectivity index (χ4v) is 1.83. The molecule has 0 unspecified atom stereocenters. The lowest BCUT2D eigenvalue weighted by Crippen LogP contribution is -2.33. The minimum atomic E-state index is 0.0522. The van der Waals surface area contributed by atoms with Crippen molar-refractivity contribution in [3.63, 3.8) is 0 Å². The zero-order valence-electron chi connectivity index (χ0n) is 12.3. The normalized spacial score (nSPS) is 10.6. The van der Waals surface area contributed by atoms with Crippen LogP contribution >= 0.6 is 0 Å². The summed E-state index contributed by atoms with van der Waals surface area (Å²) in [5.74, 6) is 0.823. The average molecular weight is 264 g/mol. The van der Waals surface area contributed by atoms with Gasteiger partial charge in [-0.1, -0.05) is 0 Å². The quantitative estimate of drug-likeness (QED) is 0.811. The number of pyridine rings is 1. The predicted molar refractivity (Wildman–Crippen MR) is 78.5 cm³/mol. The van der Waals surface area contributed by atoms with Gasteiger partial charge in [-0.2, -0.15) is 0 Å². The minimum Gasteiger partial charge on any atom is -0.373 e. The maximum absolute atomic E-state index is 12.3. The molecule has 0 atom stereocenters. The van der Waals surface area contributed by atoms with Crippen molar-refractivity contribution in [1.82, 2.24) is 14.8 Å². The number of carbonyl (C=O) groups excluding carboxylic acids is 1. The third-order valence-corrected chi connectivity index (χ3v) is 2.97. The molecule has 0 bridgehead atoms. The molecule has 1 N–H and O–H groups in total. The van der Waals surface area contributed by atoms with E-state index in [0.717, 1.165) is 31.9 Å². The zero-order valence-corrected chi connectivity index (χ0v) is 12.3. The maximum Gasteiger partial charge on any atom is 0.255 e. The SMILES string of the molecule is CCN(CCCN(C)C)C(=O)c1ccc(NC)nc1. The van der Waals surface area contributed by atoms with Crippen LogP contribution in [0.1, 0.15) is 23.7 Å². The van der Waals surface area contributed by atoms with Gasteiger partial charge in [0.25, 0.3) is 5.91 Å². The molecule has 0 aliphatic carbocycles. The Morgan fingerprint density at radius 2 is 2.05 bits per heavy atom. The Kier molecular flexibility index (Phi) is 6.29. The fraction of sp³-hybridized carbons (Fsp3) is 0.571. The smallest absolute Gasteiger partial charge is 0.255 e. The number of hydrogen-bond acceptors (Lipinski definition) is 4. The second-order valence-electron chi connectivity index (χ2n) is 4.72. The topological polar surface area (TPSA) is 48.5 Å². The summed E-state index contributed by atoms with van der Waals surface area (Å²) in [4.78, 5) is 20.5. The standard InChI is InChI=1S/C14H24N4O/c1-5-18(10-6-9-17(3)4)14(19)12-7-8-13(15-2)16-11-12/h7-8,11H,5-6,9-10H2,1-4H3,(H,15,16). The predicted octanol–water partition coefficient (Wildman–Crippen LogP) is 1.54. The van der Waals surface area contributed by atoms with Crippen molar-refractivity contribution < 1.29 is 4.79 Å². The van der Waals surface area contributed by atoms with Gasteiger partial charge in [0.2, 0.25) is 0 Å². The second kappa shape index (κ2) is 7.74. The summed E-state index contributed by atoms with van der Waals surface area (Å²) >= 11 is 0. The number of nitrogens with one attached hydrogen (secondary N) is 1. The molecule has 0 radical (unpaired) electrons.